The van der Waals surface area contributed by atoms with Crippen LogP contribution in [0.3, 0.4) is 0 Å². The molecule has 0 radical (unpaired) electrons. The van der Waals surface area contributed by atoms with Crippen LogP contribution in [-0.4, -0.2) is 4.57 Å². The van der Waals surface area contributed by atoms with Crippen LogP contribution in [0.15, 0.2) is 95.5 Å². The molecular formula is C24H15BrFN. The molecule has 0 N–H and O–H groups in total. The highest BCUT2D eigenvalue weighted by Gasteiger charge is 2.11. The van der Waals surface area contributed by atoms with Crippen molar-refractivity contribution in [2.45, 2.75) is 0 Å². The van der Waals surface area contributed by atoms with E-state index in [-0.39, 0.29) is 5.82 Å². The van der Waals surface area contributed by atoms with E-state index in [1.54, 1.807) is 6.07 Å². The molecule has 0 aliphatic heterocycles. The number of rotatable bonds is 2. The average molecular weight is 416 g/mol. The Kier molecular flexibility index (Phi) is 3.83. The number of para-hydroxylation sites is 2. The molecule has 4 aromatic carbocycles. The summed E-state index contributed by atoms with van der Waals surface area (Å²) >= 11 is 3.37. The van der Waals surface area contributed by atoms with Crippen LogP contribution in [0.1, 0.15) is 0 Å². The van der Waals surface area contributed by atoms with Crippen molar-refractivity contribution in [3.05, 3.63) is 101 Å². The quantitative estimate of drug-likeness (QED) is 0.284. The molecular weight excluding hydrogens is 401 g/mol. The van der Waals surface area contributed by atoms with E-state index in [1.807, 2.05) is 18.2 Å². The molecule has 1 nitrogen and oxygen atoms in total. The van der Waals surface area contributed by atoms with Gasteiger partial charge in [0, 0.05) is 20.9 Å². The van der Waals surface area contributed by atoms with E-state index in [0.717, 1.165) is 21.3 Å². The molecule has 0 bridgehead atoms. The highest BCUT2D eigenvalue weighted by Crippen LogP contribution is 2.32. The van der Waals surface area contributed by atoms with Gasteiger partial charge in [-0.25, -0.2) is 4.39 Å². The second-order valence-corrected chi connectivity index (χ2v) is 7.49. The number of aromatic nitrogens is 1. The van der Waals surface area contributed by atoms with Gasteiger partial charge in [-0.3, -0.25) is 0 Å². The molecule has 1 aromatic heterocycles. The largest absolute Gasteiger partial charge is 0.309 e. The topological polar surface area (TPSA) is 4.93 Å². The van der Waals surface area contributed by atoms with Gasteiger partial charge in [0.2, 0.25) is 0 Å². The van der Waals surface area contributed by atoms with E-state index in [9.17, 15) is 4.39 Å². The highest BCUT2D eigenvalue weighted by molar-refractivity contribution is 9.10. The van der Waals surface area contributed by atoms with Crippen LogP contribution in [0.5, 0.6) is 0 Å². The Morgan fingerprint density at radius 1 is 0.630 bits per heavy atom. The molecule has 0 saturated heterocycles. The third-order valence-corrected chi connectivity index (χ3v) is 5.36. The van der Waals surface area contributed by atoms with Crippen LogP contribution in [0, 0.1) is 5.82 Å². The number of hydrogen-bond acceptors (Lipinski definition) is 0. The monoisotopic (exact) mass is 415 g/mol. The Labute approximate surface area is 164 Å². The van der Waals surface area contributed by atoms with Crippen molar-refractivity contribution in [3.8, 4) is 16.8 Å². The fourth-order valence-electron chi connectivity index (χ4n) is 3.72. The Morgan fingerprint density at radius 3 is 1.81 bits per heavy atom. The Hall–Kier alpha value is -2.91. The van der Waals surface area contributed by atoms with Crippen molar-refractivity contribution in [2.75, 3.05) is 0 Å². The first-order chi connectivity index (χ1) is 13.2. The molecule has 130 valence electrons. The van der Waals surface area contributed by atoms with Gasteiger partial charge in [0.05, 0.1) is 11.0 Å². The van der Waals surface area contributed by atoms with Crippen LogP contribution in [0.4, 0.5) is 4.39 Å². The molecule has 1 heterocycles. The maximum Gasteiger partial charge on any atom is 0.124 e. The van der Waals surface area contributed by atoms with E-state index in [2.05, 4.69) is 81.2 Å². The summed E-state index contributed by atoms with van der Waals surface area (Å²) in [6.45, 7) is 0. The minimum atomic E-state index is -0.245. The summed E-state index contributed by atoms with van der Waals surface area (Å²) in [5.74, 6) is -0.245. The van der Waals surface area contributed by atoms with Crippen LogP contribution >= 0.6 is 15.9 Å². The lowest BCUT2D eigenvalue weighted by molar-refractivity contribution is 0.627. The first kappa shape index (κ1) is 16.3. The number of nitrogens with zero attached hydrogens (tertiary/aromatic N) is 1. The van der Waals surface area contributed by atoms with Crippen LogP contribution in [-0.2, 0) is 0 Å². The van der Waals surface area contributed by atoms with Crippen molar-refractivity contribution < 1.29 is 4.39 Å². The van der Waals surface area contributed by atoms with Crippen molar-refractivity contribution in [1.29, 1.82) is 0 Å². The van der Waals surface area contributed by atoms with Gasteiger partial charge in [-0.2, -0.15) is 0 Å². The molecule has 0 spiro atoms. The van der Waals surface area contributed by atoms with Crippen molar-refractivity contribution in [3.63, 3.8) is 0 Å². The summed E-state index contributed by atoms with van der Waals surface area (Å²) in [7, 11) is 0. The van der Waals surface area contributed by atoms with Crippen LogP contribution < -0.4 is 0 Å². The van der Waals surface area contributed by atoms with E-state index in [1.165, 1.54) is 27.9 Å². The van der Waals surface area contributed by atoms with E-state index < -0.39 is 0 Å². The molecule has 5 rings (SSSR count). The van der Waals surface area contributed by atoms with Crippen LogP contribution in [0.25, 0.3) is 38.6 Å². The highest BCUT2D eigenvalue weighted by atomic mass is 79.9. The van der Waals surface area contributed by atoms with Crippen molar-refractivity contribution in [1.82, 2.24) is 4.57 Å². The lowest BCUT2D eigenvalue weighted by atomic mass is 10.1. The van der Waals surface area contributed by atoms with Gasteiger partial charge in [-0.1, -0.05) is 64.5 Å². The average Bonchev–Trinajstić information content (AvgIpc) is 3.02. The molecule has 3 heteroatoms. The van der Waals surface area contributed by atoms with E-state index >= 15 is 0 Å². The summed E-state index contributed by atoms with van der Waals surface area (Å²) in [6.07, 6.45) is 0. The molecule has 0 amide bonds. The summed E-state index contributed by atoms with van der Waals surface area (Å²) in [6, 6.07) is 30.1. The van der Waals surface area contributed by atoms with Gasteiger partial charge < -0.3 is 4.57 Å². The number of halogens is 2. The molecule has 5 aromatic rings. The molecule has 0 aliphatic rings. The fourth-order valence-corrected chi connectivity index (χ4v) is 4.19. The number of benzene rings is 4. The first-order valence-corrected chi connectivity index (χ1v) is 9.55. The Bertz CT molecular complexity index is 1210. The smallest absolute Gasteiger partial charge is 0.124 e. The standard InChI is InChI=1S/C24H15BrFN/c25-18-13-17(14-19(26)15-18)16-9-11-20(12-10-16)27-23-7-3-1-5-21(23)22-6-2-4-8-24(22)27/h1-15H. The predicted molar refractivity (Wildman–Crippen MR) is 114 cm³/mol. The SMILES string of the molecule is Fc1cc(Br)cc(-c2ccc(-n3c4ccccc4c4ccccc43)cc2)c1. The maximum atomic E-state index is 13.7. The third-order valence-electron chi connectivity index (χ3n) is 4.90. The van der Waals surface area contributed by atoms with Gasteiger partial charge in [0.25, 0.3) is 0 Å². The maximum absolute atomic E-state index is 13.7. The molecule has 27 heavy (non-hydrogen) atoms. The number of hydrogen-bond donors (Lipinski definition) is 0. The predicted octanol–water partition coefficient (Wildman–Crippen LogP) is 7.35. The Morgan fingerprint density at radius 2 is 1.22 bits per heavy atom. The van der Waals surface area contributed by atoms with Gasteiger partial charge in [0.15, 0.2) is 0 Å². The third kappa shape index (κ3) is 2.75. The minimum absolute atomic E-state index is 0.245. The zero-order valence-electron chi connectivity index (χ0n) is 14.4. The summed E-state index contributed by atoms with van der Waals surface area (Å²) < 4.78 is 16.7. The zero-order valence-corrected chi connectivity index (χ0v) is 15.9. The molecule has 0 atom stereocenters. The van der Waals surface area contributed by atoms with E-state index in [0.29, 0.717) is 0 Å². The lowest BCUT2D eigenvalue weighted by Crippen LogP contribution is -1.93. The van der Waals surface area contributed by atoms with Gasteiger partial charge >= 0.3 is 0 Å². The van der Waals surface area contributed by atoms with Gasteiger partial charge in [-0.15, -0.1) is 0 Å². The first-order valence-electron chi connectivity index (χ1n) is 8.76. The molecule has 0 saturated carbocycles. The number of fused-ring (bicyclic) bond motifs is 3. The Balaban J connectivity index is 1.69. The summed E-state index contributed by atoms with van der Waals surface area (Å²) in [4.78, 5) is 0. The fraction of sp³-hybridized carbons (Fsp3) is 0. The van der Waals surface area contributed by atoms with Crippen LogP contribution in [0.2, 0.25) is 0 Å². The van der Waals surface area contributed by atoms with E-state index in [4.69, 9.17) is 0 Å². The summed E-state index contributed by atoms with van der Waals surface area (Å²) in [5.41, 5.74) is 5.29. The second-order valence-electron chi connectivity index (χ2n) is 6.57. The van der Waals surface area contributed by atoms with Crippen molar-refractivity contribution >= 4 is 37.7 Å². The minimum Gasteiger partial charge on any atom is -0.309 e. The zero-order chi connectivity index (χ0) is 18.4. The normalized spacial score (nSPS) is 11.3. The lowest BCUT2D eigenvalue weighted by Gasteiger charge is -2.09. The molecule has 0 unspecified atom stereocenters. The summed E-state index contributed by atoms with van der Waals surface area (Å²) in [5, 5.41) is 2.48. The molecule has 0 fully saturated rings. The van der Waals surface area contributed by atoms with Gasteiger partial charge in [-0.05, 0) is 53.6 Å². The van der Waals surface area contributed by atoms with Crippen molar-refractivity contribution in [2.24, 2.45) is 0 Å². The second kappa shape index (κ2) is 6.36. The van der Waals surface area contributed by atoms with Gasteiger partial charge in [0.1, 0.15) is 5.82 Å². The molecule has 0 aliphatic carbocycles.